The van der Waals surface area contributed by atoms with Gasteiger partial charge in [0, 0.05) is 18.7 Å². The van der Waals surface area contributed by atoms with E-state index in [0.29, 0.717) is 30.2 Å². The first-order valence-electron chi connectivity index (χ1n) is 9.94. The van der Waals surface area contributed by atoms with Gasteiger partial charge in [-0.3, -0.25) is 9.59 Å². The minimum absolute atomic E-state index is 0.00161. The Kier molecular flexibility index (Phi) is 6.69. The van der Waals surface area contributed by atoms with Crippen LogP contribution in [0, 0.1) is 5.92 Å². The molecule has 0 spiro atoms. The van der Waals surface area contributed by atoms with Crippen LogP contribution in [0.5, 0.6) is 5.75 Å². The number of amides is 2. The summed E-state index contributed by atoms with van der Waals surface area (Å²) < 4.78 is 5.94. The lowest BCUT2D eigenvalue weighted by Gasteiger charge is -2.27. The molecule has 0 aliphatic heterocycles. The number of carbonyl (C=O) groups excluding carboxylic acids is 2. The SMILES string of the molecule is CC(C)CC(=O)Nc1cccc(CNC(=O)c2ccccc2OC2CCC2)c1. The van der Waals surface area contributed by atoms with E-state index in [4.69, 9.17) is 4.74 Å². The second-order valence-electron chi connectivity index (χ2n) is 7.70. The molecule has 1 saturated carbocycles. The van der Waals surface area contributed by atoms with Gasteiger partial charge in [0.1, 0.15) is 5.75 Å². The number of hydrogen-bond acceptors (Lipinski definition) is 3. The first-order chi connectivity index (χ1) is 13.5. The summed E-state index contributed by atoms with van der Waals surface area (Å²) in [5.41, 5.74) is 2.22. The summed E-state index contributed by atoms with van der Waals surface area (Å²) in [6, 6.07) is 14.9. The lowest BCUT2D eigenvalue weighted by molar-refractivity contribution is -0.116. The molecular formula is C23H28N2O3. The minimum atomic E-state index is -0.163. The Morgan fingerprint density at radius 2 is 1.89 bits per heavy atom. The van der Waals surface area contributed by atoms with E-state index in [-0.39, 0.29) is 17.9 Å². The van der Waals surface area contributed by atoms with Crippen molar-refractivity contribution >= 4 is 17.5 Å². The summed E-state index contributed by atoms with van der Waals surface area (Å²) >= 11 is 0. The van der Waals surface area contributed by atoms with Crippen LogP contribution in [-0.2, 0) is 11.3 Å². The van der Waals surface area contributed by atoms with Gasteiger partial charge in [0.15, 0.2) is 0 Å². The lowest BCUT2D eigenvalue weighted by Crippen LogP contribution is -2.27. The highest BCUT2D eigenvalue weighted by Gasteiger charge is 2.21. The fourth-order valence-corrected chi connectivity index (χ4v) is 3.04. The first-order valence-corrected chi connectivity index (χ1v) is 9.94. The van der Waals surface area contributed by atoms with Gasteiger partial charge in [0.25, 0.3) is 5.91 Å². The van der Waals surface area contributed by atoms with E-state index < -0.39 is 0 Å². The smallest absolute Gasteiger partial charge is 0.255 e. The fourth-order valence-electron chi connectivity index (χ4n) is 3.04. The van der Waals surface area contributed by atoms with Crippen LogP contribution in [-0.4, -0.2) is 17.9 Å². The molecule has 0 bridgehead atoms. The molecule has 0 saturated heterocycles. The normalized spacial score (nSPS) is 13.7. The number of ether oxygens (including phenoxy) is 1. The van der Waals surface area contributed by atoms with Gasteiger partial charge in [0.2, 0.25) is 5.91 Å². The Balaban J connectivity index is 1.59. The molecule has 2 aromatic rings. The Morgan fingerprint density at radius 1 is 1.11 bits per heavy atom. The highest BCUT2D eigenvalue weighted by molar-refractivity contribution is 5.97. The molecule has 3 rings (SSSR count). The second kappa shape index (κ2) is 9.40. The highest BCUT2D eigenvalue weighted by Crippen LogP contribution is 2.27. The van der Waals surface area contributed by atoms with Crippen molar-refractivity contribution in [1.82, 2.24) is 5.32 Å². The molecule has 148 valence electrons. The summed E-state index contributed by atoms with van der Waals surface area (Å²) in [7, 11) is 0. The zero-order valence-corrected chi connectivity index (χ0v) is 16.5. The predicted octanol–water partition coefficient (Wildman–Crippen LogP) is 4.53. The number of hydrogen-bond donors (Lipinski definition) is 2. The van der Waals surface area contributed by atoms with Crippen LogP contribution in [0.3, 0.4) is 0 Å². The monoisotopic (exact) mass is 380 g/mol. The molecule has 1 aliphatic carbocycles. The largest absolute Gasteiger partial charge is 0.490 e. The summed E-state index contributed by atoms with van der Waals surface area (Å²) in [6.45, 7) is 4.40. The summed E-state index contributed by atoms with van der Waals surface area (Å²) in [5.74, 6) is 0.784. The van der Waals surface area contributed by atoms with E-state index in [9.17, 15) is 9.59 Å². The van der Waals surface area contributed by atoms with Crippen LogP contribution in [0.2, 0.25) is 0 Å². The minimum Gasteiger partial charge on any atom is -0.490 e. The maximum Gasteiger partial charge on any atom is 0.255 e. The van der Waals surface area contributed by atoms with Gasteiger partial charge in [-0.05, 0) is 55.0 Å². The van der Waals surface area contributed by atoms with E-state index in [1.165, 1.54) is 6.42 Å². The van der Waals surface area contributed by atoms with Crippen molar-refractivity contribution in [2.45, 2.75) is 52.2 Å². The standard InChI is InChI=1S/C23H28N2O3/c1-16(2)13-22(26)25-18-8-5-7-17(14-18)15-24-23(27)20-11-3-4-12-21(20)28-19-9-6-10-19/h3-5,7-8,11-12,14,16,19H,6,9-10,13,15H2,1-2H3,(H,24,27)(H,25,26). The van der Waals surface area contributed by atoms with Crippen molar-refractivity contribution in [3.63, 3.8) is 0 Å². The number of para-hydroxylation sites is 1. The fraction of sp³-hybridized carbons (Fsp3) is 0.391. The average Bonchev–Trinajstić information content (AvgIpc) is 2.62. The maximum atomic E-state index is 12.6. The van der Waals surface area contributed by atoms with E-state index in [0.717, 1.165) is 24.1 Å². The molecule has 5 nitrogen and oxygen atoms in total. The van der Waals surface area contributed by atoms with Crippen molar-refractivity contribution in [3.05, 3.63) is 59.7 Å². The summed E-state index contributed by atoms with van der Waals surface area (Å²) in [5, 5.41) is 5.85. The van der Waals surface area contributed by atoms with Gasteiger partial charge in [0.05, 0.1) is 11.7 Å². The number of carbonyl (C=O) groups is 2. The van der Waals surface area contributed by atoms with Crippen LogP contribution < -0.4 is 15.4 Å². The molecule has 0 atom stereocenters. The molecule has 0 aromatic heterocycles. The zero-order chi connectivity index (χ0) is 19.9. The van der Waals surface area contributed by atoms with Crippen LogP contribution in [0.25, 0.3) is 0 Å². The second-order valence-corrected chi connectivity index (χ2v) is 7.70. The van der Waals surface area contributed by atoms with E-state index in [1.807, 2.05) is 56.3 Å². The molecule has 0 heterocycles. The van der Waals surface area contributed by atoms with Crippen molar-refractivity contribution in [2.24, 2.45) is 5.92 Å². The molecular weight excluding hydrogens is 352 g/mol. The molecule has 2 amide bonds. The Hall–Kier alpha value is -2.82. The van der Waals surface area contributed by atoms with Gasteiger partial charge in [-0.15, -0.1) is 0 Å². The Bertz CT molecular complexity index is 828. The van der Waals surface area contributed by atoms with Gasteiger partial charge >= 0.3 is 0 Å². The molecule has 0 radical (unpaired) electrons. The first kappa shape index (κ1) is 19.9. The number of benzene rings is 2. The molecule has 0 unspecified atom stereocenters. The van der Waals surface area contributed by atoms with E-state index in [2.05, 4.69) is 10.6 Å². The topological polar surface area (TPSA) is 67.4 Å². The van der Waals surface area contributed by atoms with Crippen LogP contribution in [0.15, 0.2) is 48.5 Å². The van der Waals surface area contributed by atoms with Crippen LogP contribution >= 0.6 is 0 Å². The van der Waals surface area contributed by atoms with Crippen molar-refractivity contribution < 1.29 is 14.3 Å². The quantitative estimate of drug-likeness (QED) is 0.707. The third-order valence-corrected chi connectivity index (χ3v) is 4.73. The Labute approximate surface area is 166 Å². The molecule has 1 aliphatic rings. The van der Waals surface area contributed by atoms with Gasteiger partial charge in [-0.2, -0.15) is 0 Å². The number of anilines is 1. The summed E-state index contributed by atoms with van der Waals surface area (Å²) in [4.78, 5) is 24.6. The predicted molar refractivity (Wildman–Crippen MR) is 110 cm³/mol. The third-order valence-electron chi connectivity index (χ3n) is 4.73. The van der Waals surface area contributed by atoms with Crippen molar-refractivity contribution in [3.8, 4) is 5.75 Å². The lowest BCUT2D eigenvalue weighted by atomic mass is 9.96. The van der Waals surface area contributed by atoms with Gasteiger partial charge in [-0.1, -0.05) is 38.1 Å². The number of nitrogens with one attached hydrogen (secondary N) is 2. The van der Waals surface area contributed by atoms with Crippen LogP contribution in [0.4, 0.5) is 5.69 Å². The number of rotatable bonds is 8. The van der Waals surface area contributed by atoms with Crippen molar-refractivity contribution in [1.29, 1.82) is 0 Å². The third kappa shape index (κ3) is 5.59. The average molecular weight is 380 g/mol. The Morgan fingerprint density at radius 3 is 2.61 bits per heavy atom. The van der Waals surface area contributed by atoms with Gasteiger partial charge in [-0.25, -0.2) is 0 Å². The molecule has 2 N–H and O–H groups in total. The molecule has 5 heteroatoms. The molecule has 1 fully saturated rings. The van der Waals surface area contributed by atoms with Crippen molar-refractivity contribution in [2.75, 3.05) is 5.32 Å². The maximum absolute atomic E-state index is 12.6. The highest BCUT2D eigenvalue weighted by atomic mass is 16.5. The molecule has 28 heavy (non-hydrogen) atoms. The molecule has 2 aromatic carbocycles. The zero-order valence-electron chi connectivity index (χ0n) is 16.5. The van der Waals surface area contributed by atoms with E-state index >= 15 is 0 Å². The van der Waals surface area contributed by atoms with Crippen LogP contribution in [0.1, 0.15) is 55.5 Å². The van der Waals surface area contributed by atoms with E-state index in [1.54, 1.807) is 6.07 Å². The summed E-state index contributed by atoms with van der Waals surface area (Å²) in [6.07, 6.45) is 3.98. The van der Waals surface area contributed by atoms with Gasteiger partial charge < -0.3 is 15.4 Å².